The van der Waals surface area contributed by atoms with Crippen molar-refractivity contribution in [1.29, 1.82) is 0 Å². The first-order valence-electron chi connectivity index (χ1n) is 10.2. The predicted molar refractivity (Wildman–Crippen MR) is 114 cm³/mol. The monoisotopic (exact) mass is 397 g/mol. The molecular formula is C22H31N5O2. The minimum Gasteiger partial charge on any atom is -0.496 e. The van der Waals surface area contributed by atoms with Gasteiger partial charge in [0.15, 0.2) is 0 Å². The number of carbonyl (C=O) groups excluding carboxylic acids is 1. The summed E-state index contributed by atoms with van der Waals surface area (Å²) < 4.78 is 7.69. The molecule has 1 aliphatic heterocycles. The van der Waals surface area contributed by atoms with Crippen molar-refractivity contribution in [1.82, 2.24) is 14.5 Å². The number of hydrogen-bond acceptors (Lipinski definition) is 5. The van der Waals surface area contributed by atoms with E-state index in [-0.39, 0.29) is 11.9 Å². The Morgan fingerprint density at radius 2 is 2.10 bits per heavy atom. The van der Waals surface area contributed by atoms with Gasteiger partial charge in [-0.15, -0.1) is 0 Å². The van der Waals surface area contributed by atoms with E-state index in [2.05, 4.69) is 17.7 Å². The van der Waals surface area contributed by atoms with E-state index in [0.29, 0.717) is 25.1 Å². The highest BCUT2D eigenvalue weighted by Gasteiger charge is 2.32. The highest BCUT2D eigenvalue weighted by molar-refractivity contribution is 5.77. The molecule has 0 bridgehead atoms. The van der Waals surface area contributed by atoms with Gasteiger partial charge in [-0.3, -0.25) is 4.79 Å². The van der Waals surface area contributed by atoms with Crippen molar-refractivity contribution >= 4 is 5.91 Å². The van der Waals surface area contributed by atoms with Crippen molar-refractivity contribution in [3.63, 3.8) is 0 Å². The van der Waals surface area contributed by atoms with Gasteiger partial charge in [0.1, 0.15) is 11.6 Å². The molecule has 0 radical (unpaired) electrons. The molecule has 156 valence electrons. The molecule has 1 aliphatic rings. The number of fused-ring (bicyclic) bond motifs is 1. The fraction of sp³-hybridized carbons (Fsp3) is 0.455. The van der Waals surface area contributed by atoms with Crippen LogP contribution in [-0.4, -0.2) is 34.0 Å². The smallest absolute Gasteiger partial charge is 0.223 e. The van der Waals surface area contributed by atoms with E-state index >= 15 is 0 Å². The van der Waals surface area contributed by atoms with Crippen LogP contribution in [-0.2, 0) is 11.3 Å². The Morgan fingerprint density at radius 1 is 1.31 bits per heavy atom. The number of nitrogens with zero attached hydrogens (tertiary/aromatic N) is 3. The number of unbranched alkanes of at least 4 members (excludes halogenated alkanes) is 1. The number of benzene rings is 1. The van der Waals surface area contributed by atoms with Gasteiger partial charge in [0, 0.05) is 43.2 Å². The molecule has 1 unspecified atom stereocenters. The number of carbonyl (C=O) groups is 1. The standard InChI is InChI=1S/C22H31N5O2/c1-3-4-8-19-22-25-18(17-7-5-6-9-20(17)29-2)15-26(22)12-13-27(19)21(28)11-10-16(24)14-23/h5-7,9,14-15,19H,3-4,8,10-13,23-24H2,1-2H3/b16-14-. The number of ether oxygens (including phenoxy) is 1. The second-order valence-corrected chi connectivity index (χ2v) is 7.36. The van der Waals surface area contributed by atoms with E-state index in [0.717, 1.165) is 48.6 Å². The van der Waals surface area contributed by atoms with Gasteiger partial charge < -0.3 is 25.7 Å². The van der Waals surface area contributed by atoms with Crippen molar-refractivity contribution in [2.24, 2.45) is 11.5 Å². The average molecular weight is 398 g/mol. The third-order valence-electron chi connectivity index (χ3n) is 5.44. The summed E-state index contributed by atoms with van der Waals surface area (Å²) in [7, 11) is 1.67. The lowest BCUT2D eigenvalue weighted by molar-refractivity contribution is -0.135. The minimum atomic E-state index is -0.0252. The molecule has 29 heavy (non-hydrogen) atoms. The second kappa shape index (κ2) is 9.49. The normalized spacial score (nSPS) is 16.6. The topological polar surface area (TPSA) is 99.4 Å². The predicted octanol–water partition coefficient (Wildman–Crippen LogP) is 3.17. The zero-order chi connectivity index (χ0) is 20.8. The third kappa shape index (κ3) is 4.55. The van der Waals surface area contributed by atoms with Crippen molar-refractivity contribution in [3.05, 3.63) is 48.2 Å². The quantitative estimate of drug-likeness (QED) is 0.713. The summed E-state index contributed by atoms with van der Waals surface area (Å²) in [5, 5.41) is 0. The maximum Gasteiger partial charge on any atom is 0.223 e. The second-order valence-electron chi connectivity index (χ2n) is 7.36. The summed E-state index contributed by atoms with van der Waals surface area (Å²) >= 11 is 0. The number of rotatable bonds is 8. The number of aromatic nitrogens is 2. The highest BCUT2D eigenvalue weighted by Crippen LogP contribution is 2.35. The number of methoxy groups -OCH3 is 1. The van der Waals surface area contributed by atoms with Crippen molar-refractivity contribution in [3.8, 4) is 17.0 Å². The molecule has 2 heterocycles. The van der Waals surface area contributed by atoms with Crippen LogP contribution in [0.2, 0.25) is 0 Å². The summed E-state index contributed by atoms with van der Waals surface area (Å²) in [4.78, 5) is 19.8. The van der Waals surface area contributed by atoms with Crippen molar-refractivity contribution in [2.75, 3.05) is 13.7 Å². The van der Waals surface area contributed by atoms with Crippen LogP contribution in [0.25, 0.3) is 11.3 Å². The van der Waals surface area contributed by atoms with Crippen LogP contribution in [0, 0.1) is 0 Å². The largest absolute Gasteiger partial charge is 0.496 e. The van der Waals surface area contributed by atoms with E-state index in [1.165, 1.54) is 6.20 Å². The van der Waals surface area contributed by atoms with E-state index in [1.54, 1.807) is 7.11 Å². The minimum absolute atomic E-state index is 0.0252. The van der Waals surface area contributed by atoms with Crippen molar-refractivity contribution < 1.29 is 9.53 Å². The van der Waals surface area contributed by atoms with E-state index in [1.807, 2.05) is 29.2 Å². The first-order chi connectivity index (χ1) is 14.1. The van der Waals surface area contributed by atoms with Gasteiger partial charge in [0.25, 0.3) is 0 Å². The number of amides is 1. The van der Waals surface area contributed by atoms with Crippen LogP contribution >= 0.6 is 0 Å². The summed E-state index contributed by atoms with van der Waals surface area (Å²) in [6, 6.07) is 7.86. The lowest BCUT2D eigenvalue weighted by Gasteiger charge is -2.36. The molecule has 7 nitrogen and oxygen atoms in total. The lowest BCUT2D eigenvalue weighted by Crippen LogP contribution is -2.42. The SMILES string of the molecule is CCCCC1c2nc(-c3ccccc3OC)cn2CCN1C(=O)CC/C(N)=C/N. The number of hydrogen-bond donors (Lipinski definition) is 2. The van der Waals surface area contributed by atoms with Gasteiger partial charge in [-0.25, -0.2) is 4.98 Å². The van der Waals surface area contributed by atoms with Crippen LogP contribution in [0.5, 0.6) is 5.75 Å². The molecule has 0 saturated carbocycles. The Balaban J connectivity index is 1.89. The molecule has 0 saturated heterocycles. The molecule has 4 N–H and O–H groups in total. The Hall–Kier alpha value is -2.96. The summed E-state index contributed by atoms with van der Waals surface area (Å²) in [5.74, 6) is 1.84. The van der Waals surface area contributed by atoms with Gasteiger partial charge in [-0.2, -0.15) is 0 Å². The lowest BCUT2D eigenvalue weighted by atomic mass is 10.0. The Labute approximate surface area is 172 Å². The van der Waals surface area contributed by atoms with Crippen LogP contribution in [0.15, 0.2) is 42.4 Å². The highest BCUT2D eigenvalue weighted by atomic mass is 16.5. The van der Waals surface area contributed by atoms with Gasteiger partial charge in [0.2, 0.25) is 5.91 Å². The third-order valence-corrected chi connectivity index (χ3v) is 5.44. The van der Waals surface area contributed by atoms with Gasteiger partial charge in [-0.05, 0) is 25.0 Å². The molecule has 1 aromatic carbocycles. The number of para-hydroxylation sites is 1. The summed E-state index contributed by atoms with van der Waals surface area (Å²) in [6.45, 7) is 3.57. The molecule has 2 aromatic rings. The molecule has 1 aromatic heterocycles. The molecule has 7 heteroatoms. The van der Waals surface area contributed by atoms with Crippen LogP contribution in [0.1, 0.15) is 50.9 Å². The number of imidazole rings is 1. The molecule has 0 fully saturated rings. The summed E-state index contributed by atoms with van der Waals surface area (Å²) in [6.07, 6.45) is 7.28. The van der Waals surface area contributed by atoms with E-state index < -0.39 is 0 Å². The van der Waals surface area contributed by atoms with Crippen LogP contribution in [0.3, 0.4) is 0 Å². The van der Waals surface area contributed by atoms with Crippen molar-refractivity contribution in [2.45, 2.75) is 51.6 Å². The number of nitrogens with two attached hydrogens (primary N) is 2. The molecule has 0 aliphatic carbocycles. The van der Waals surface area contributed by atoms with Crippen LogP contribution in [0.4, 0.5) is 0 Å². The fourth-order valence-corrected chi connectivity index (χ4v) is 3.83. The molecular weight excluding hydrogens is 366 g/mol. The zero-order valence-corrected chi connectivity index (χ0v) is 17.3. The Bertz CT molecular complexity index is 874. The molecule has 3 rings (SSSR count). The molecule has 1 atom stereocenters. The Kier molecular flexibility index (Phi) is 6.80. The number of allylic oxidation sites excluding steroid dienone is 1. The maximum atomic E-state index is 12.9. The Morgan fingerprint density at radius 3 is 2.83 bits per heavy atom. The first-order valence-corrected chi connectivity index (χ1v) is 10.2. The fourth-order valence-electron chi connectivity index (χ4n) is 3.83. The van der Waals surface area contributed by atoms with Crippen LogP contribution < -0.4 is 16.2 Å². The van der Waals surface area contributed by atoms with Gasteiger partial charge in [0.05, 0.1) is 18.8 Å². The first kappa shape index (κ1) is 20.8. The molecule has 0 spiro atoms. The van der Waals surface area contributed by atoms with Gasteiger partial charge >= 0.3 is 0 Å². The molecule has 1 amide bonds. The van der Waals surface area contributed by atoms with Gasteiger partial charge in [-0.1, -0.05) is 31.9 Å². The zero-order valence-electron chi connectivity index (χ0n) is 17.3. The summed E-state index contributed by atoms with van der Waals surface area (Å²) in [5.41, 5.74) is 13.6. The maximum absolute atomic E-state index is 12.9. The average Bonchev–Trinajstić information content (AvgIpc) is 3.19. The van der Waals surface area contributed by atoms with E-state index in [9.17, 15) is 4.79 Å². The van der Waals surface area contributed by atoms with E-state index in [4.69, 9.17) is 21.2 Å².